The third-order valence-corrected chi connectivity index (χ3v) is 4.58. The van der Waals surface area contributed by atoms with Crippen LogP contribution in [-0.4, -0.2) is 67.3 Å². The lowest BCUT2D eigenvalue weighted by molar-refractivity contribution is 0.0378. The number of aromatic nitrogens is 2. The van der Waals surface area contributed by atoms with E-state index >= 15 is 0 Å². The van der Waals surface area contributed by atoms with Gasteiger partial charge in [-0.1, -0.05) is 0 Å². The van der Waals surface area contributed by atoms with E-state index in [9.17, 15) is 4.79 Å². The molecule has 10 heteroatoms. The number of anilines is 3. The average molecular weight is 401 g/mol. The third-order valence-electron chi connectivity index (χ3n) is 4.58. The first-order valence-corrected chi connectivity index (χ1v) is 9.52. The number of nitrogens with zero attached hydrogens (tertiary/aromatic N) is 3. The third kappa shape index (κ3) is 5.93. The van der Waals surface area contributed by atoms with Crippen LogP contribution in [0.1, 0.15) is 16.8 Å². The number of amides is 1. The molecule has 1 aliphatic rings. The number of nitrogen functional groups attached to an aromatic ring is 1. The van der Waals surface area contributed by atoms with Crippen molar-refractivity contribution in [2.24, 2.45) is 0 Å². The summed E-state index contributed by atoms with van der Waals surface area (Å²) in [6.45, 7) is 5.25. The number of hydrogen-bond acceptors (Lipinski definition) is 9. The van der Waals surface area contributed by atoms with Crippen molar-refractivity contribution in [1.82, 2.24) is 20.3 Å². The van der Waals surface area contributed by atoms with Crippen LogP contribution < -0.4 is 26.6 Å². The average Bonchev–Trinajstić information content (AvgIpc) is 2.77. The molecule has 1 aliphatic heterocycles. The van der Waals surface area contributed by atoms with Crippen molar-refractivity contribution >= 4 is 23.2 Å². The number of morpholine rings is 1. The van der Waals surface area contributed by atoms with Gasteiger partial charge in [0.1, 0.15) is 17.8 Å². The van der Waals surface area contributed by atoms with Crippen molar-refractivity contribution in [3.8, 4) is 5.75 Å². The van der Waals surface area contributed by atoms with Gasteiger partial charge in [-0.15, -0.1) is 0 Å². The molecule has 0 radical (unpaired) electrons. The van der Waals surface area contributed by atoms with E-state index in [-0.39, 0.29) is 5.91 Å². The van der Waals surface area contributed by atoms with Crippen LogP contribution in [0.2, 0.25) is 0 Å². The molecule has 1 aromatic carbocycles. The van der Waals surface area contributed by atoms with E-state index in [4.69, 9.17) is 15.2 Å². The van der Waals surface area contributed by atoms with Crippen LogP contribution in [0.25, 0.3) is 0 Å². The first-order valence-electron chi connectivity index (χ1n) is 9.52. The number of carbonyl (C=O) groups excluding carboxylic acids is 1. The number of rotatable bonds is 9. The molecular weight excluding hydrogens is 374 g/mol. The zero-order valence-corrected chi connectivity index (χ0v) is 16.5. The molecule has 2 heterocycles. The van der Waals surface area contributed by atoms with Crippen molar-refractivity contribution in [3.63, 3.8) is 0 Å². The number of hydrazine groups is 1. The highest BCUT2D eigenvalue weighted by atomic mass is 16.5. The van der Waals surface area contributed by atoms with Crippen molar-refractivity contribution < 1.29 is 14.3 Å². The molecule has 5 N–H and O–H groups in total. The number of benzene rings is 1. The van der Waals surface area contributed by atoms with E-state index in [1.165, 1.54) is 6.33 Å². The maximum absolute atomic E-state index is 12.2. The Morgan fingerprint density at radius 3 is 2.66 bits per heavy atom. The highest BCUT2D eigenvalue weighted by molar-refractivity contribution is 5.95. The lowest BCUT2D eigenvalue weighted by Gasteiger charge is -2.26. The summed E-state index contributed by atoms with van der Waals surface area (Å²) in [4.78, 5) is 22.9. The van der Waals surface area contributed by atoms with Crippen LogP contribution in [0.5, 0.6) is 5.75 Å². The fourth-order valence-corrected chi connectivity index (χ4v) is 2.90. The number of nitrogens with one attached hydrogen (secondary N) is 3. The van der Waals surface area contributed by atoms with Gasteiger partial charge in [0.15, 0.2) is 11.6 Å². The summed E-state index contributed by atoms with van der Waals surface area (Å²) in [5.74, 6) is 1.23. The van der Waals surface area contributed by atoms with E-state index in [2.05, 4.69) is 31.0 Å². The Kier molecular flexibility index (Phi) is 7.42. The zero-order chi connectivity index (χ0) is 20.5. The molecule has 0 saturated carbocycles. The fraction of sp³-hybridized carbons (Fsp3) is 0.421. The van der Waals surface area contributed by atoms with Gasteiger partial charge in [0.05, 0.1) is 20.3 Å². The normalized spacial score (nSPS) is 14.2. The number of ether oxygens (including phenoxy) is 2. The molecule has 1 amide bonds. The zero-order valence-electron chi connectivity index (χ0n) is 16.5. The smallest absolute Gasteiger partial charge is 0.269 e. The monoisotopic (exact) mass is 401 g/mol. The quantitative estimate of drug-likeness (QED) is 0.359. The number of nitrogens with two attached hydrogens (primary N) is 1. The molecule has 1 saturated heterocycles. The Morgan fingerprint density at radius 1 is 1.21 bits per heavy atom. The summed E-state index contributed by atoms with van der Waals surface area (Å²) in [5, 5.41) is 3.22. The van der Waals surface area contributed by atoms with E-state index < -0.39 is 0 Å². The first-order chi connectivity index (χ1) is 14.2. The van der Waals surface area contributed by atoms with Crippen LogP contribution in [0.15, 0.2) is 30.6 Å². The maximum Gasteiger partial charge on any atom is 0.269 e. The highest BCUT2D eigenvalue weighted by Crippen LogP contribution is 2.21. The van der Waals surface area contributed by atoms with E-state index in [1.54, 1.807) is 31.4 Å². The second kappa shape index (κ2) is 10.4. The van der Waals surface area contributed by atoms with Crippen LogP contribution in [0.4, 0.5) is 17.3 Å². The Labute approximate surface area is 169 Å². The minimum absolute atomic E-state index is 0.314. The standard InChI is InChI=1S/C19H27N7O3/c1-28-15-5-3-14(4-6-15)19(27)25-24-18-16(20)17(22-13-23-18)21-7-2-8-26-9-11-29-12-10-26/h3-6,13H,2,7-12,20H2,1H3,(H,25,27)(H2,21,22,23,24). The van der Waals surface area contributed by atoms with Gasteiger partial charge in [-0.25, -0.2) is 9.97 Å². The van der Waals surface area contributed by atoms with Gasteiger partial charge >= 0.3 is 0 Å². The molecule has 0 bridgehead atoms. The topological polar surface area (TPSA) is 127 Å². The molecule has 2 aromatic rings. The summed E-state index contributed by atoms with van der Waals surface area (Å²) >= 11 is 0. The Hall–Kier alpha value is -3.11. The lowest BCUT2D eigenvalue weighted by atomic mass is 10.2. The Bertz CT molecular complexity index is 795. The maximum atomic E-state index is 12.2. The van der Waals surface area contributed by atoms with Crippen LogP contribution in [0.3, 0.4) is 0 Å². The first kappa shape index (κ1) is 20.6. The molecule has 3 rings (SSSR count). The summed E-state index contributed by atoms with van der Waals surface area (Å²) in [5.41, 5.74) is 12.3. The molecule has 1 fully saturated rings. The summed E-state index contributed by atoms with van der Waals surface area (Å²) in [6, 6.07) is 6.76. The largest absolute Gasteiger partial charge is 0.497 e. The number of methoxy groups -OCH3 is 1. The minimum atomic E-state index is -0.314. The number of hydrogen-bond donors (Lipinski definition) is 4. The van der Waals surface area contributed by atoms with Gasteiger partial charge in [-0.3, -0.25) is 20.5 Å². The molecule has 0 unspecified atom stereocenters. The second-order valence-electron chi connectivity index (χ2n) is 6.53. The molecule has 0 spiro atoms. The molecule has 1 aromatic heterocycles. The van der Waals surface area contributed by atoms with Gasteiger partial charge in [0.25, 0.3) is 5.91 Å². The van der Waals surface area contributed by atoms with Crippen molar-refractivity contribution in [2.45, 2.75) is 6.42 Å². The molecular formula is C19H27N7O3. The van der Waals surface area contributed by atoms with Gasteiger partial charge < -0.3 is 20.5 Å². The molecule has 0 atom stereocenters. The Balaban J connectivity index is 1.47. The van der Waals surface area contributed by atoms with Crippen molar-refractivity contribution in [3.05, 3.63) is 36.2 Å². The predicted molar refractivity (Wildman–Crippen MR) is 111 cm³/mol. The van der Waals surface area contributed by atoms with Crippen molar-refractivity contribution in [2.75, 3.05) is 63.0 Å². The van der Waals surface area contributed by atoms with Gasteiger partial charge in [0, 0.05) is 25.2 Å². The van der Waals surface area contributed by atoms with Gasteiger partial charge in [0.2, 0.25) is 0 Å². The highest BCUT2D eigenvalue weighted by Gasteiger charge is 2.12. The number of carbonyl (C=O) groups is 1. The van der Waals surface area contributed by atoms with Gasteiger partial charge in [-0.2, -0.15) is 0 Å². The summed E-state index contributed by atoms with van der Waals surface area (Å²) in [7, 11) is 1.57. The van der Waals surface area contributed by atoms with Crippen molar-refractivity contribution in [1.29, 1.82) is 0 Å². The summed E-state index contributed by atoms with van der Waals surface area (Å²) in [6.07, 6.45) is 2.35. The van der Waals surface area contributed by atoms with Crippen LogP contribution in [0, 0.1) is 0 Å². The van der Waals surface area contributed by atoms with E-state index in [0.717, 1.165) is 45.8 Å². The summed E-state index contributed by atoms with van der Waals surface area (Å²) < 4.78 is 10.4. The molecule has 0 aliphatic carbocycles. The van der Waals surface area contributed by atoms with Crippen LogP contribution in [-0.2, 0) is 4.74 Å². The Morgan fingerprint density at radius 2 is 1.93 bits per heavy atom. The van der Waals surface area contributed by atoms with Gasteiger partial charge in [-0.05, 0) is 37.2 Å². The molecule has 10 nitrogen and oxygen atoms in total. The second-order valence-corrected chi connectivity index (χ2v) is 6.53. The minimum Gasteiger partial charge on any atom is -0.497 e. The SMILES string of the molecule is COc1ccc(C(=O)NNc2ncnc(NCCCN3CCOCC3)c2N)cc1. The molecule has 29 heavy (non-hydrogen) atoms. The fourth-order valence-electron chi connectivity index (χ4n) is 2.90. The van der Waals surface area contributed by atoms with Crippen LogP contribution >= 0.6 is 0 Å². The van der Waals surface area contributed by atoms with E-state index in [1.807, 2.05) is 0 Å². The molecule has 156 valence electrons. The lowest BCUT2D eigenvalue weighted by Crippen LogP contribution is -2.37. The predicted octanol–water partition coefficient (Wildman–Crippen LogP) is 0.959. The van der Waals surface area contributed by atoms with E-state index in [0.29, 0.717) is 28.6 Å².